The molecule has 2 aromatic heterocycles. The van der Waals surface area contributed by atoms with Gasteiger partial charge in [-0.3, -0.25) is 4.79 Å². The molecular formula is C27H26Cl2N6O. The average molecular weight is 521 g/mol. The first-order chi connectivity index (χ1) is 17.2. The molecule has 0 saturated carbocycles. The van der Waals surface area contributed by atoms with Crippen LogP contribution in [0.25, 0.3) is 16.9 Å². The van der Waals surface area contributed by atoms with Crippen LogP contribution in [0, 0.1) is 11.8 Å². The molecular weight excluding hydrogens is 495 g/mol. The fourth-order valence-electron chi connectivity index (χ4n) is 3.73. The van der Waals surface area contributed by atoms with Gasteiger partial charge in [-0.15, -0.1) is 0 Å². The van der Waals surface area contributed by atoms with Crippen LogP contribution in [0.15, 0.2) is 61.2 Å². The summed E-state index contributed by atoms with van der Waals surface area (Å²) >= 11 is 12.9. The van der Waals surface area contributed by atoms with E-state index in [1.165, 1.54) is 0 Å². The van der Waals surface area contributed by atoms with E-state index >= 15 is 0 Å². The van der Waals surface area contributed by atoms with Crippen molar-refractivity contribution in [3.8, 4) is 28.8 Å². The molecule has 1 amide bonds. The van der Waals surface area contributed by atoms with Gasteiger partial charge in [-0.1, -0.05) is 47.2 Å². The lowest BCUT2D eigenvalue weighted by Crippen LogP contribution is -2.41. The molecule has 2 aromatic carbocycles. The van der Waals surface area contributed by atoms with Crippen molar-refractivity contribution in [1.29, 1.82) is 0 Å². The van der Waals surface area contributed by atoms with Crippen molar-refractivity contribution in [2.75, 3.05) is 6.54 Å². The van der Waals surface area contributed by atoms with Crippen LogP contribution in [0.4, 0.5) is 0 Å². The molecule has 0 bridgehead atoms. The van der Waals surface area contributed by atoms with E-state index in [1.54, 1.807) is 35.4 Å². The number of hydrogen-bond acceptors (Lipinski definition) is 4. The molecule has 184 valence electrons. The average Bonchev–Trinajstić information content (AvgIpc) is 3.46. The summed E-state index contributed by atoms with van der Waals surface area (Å²) in [5.74, 6) is 5.54. The maximum Gasteiger partial charge on any atom is 0.272 e. The Balaban J connectivity index is 1.97. The number of rotatable bonds is 5. The predicted octanol–water partition coefficient (Wildman–Crippen LogP) is 4.93. The Bertz CT molecular complexity index is 1440. The predicted molar refractivity (Wildman–Crippen MR) is 144 cm³/mol. The summed E-state index contributed by atoms with van der Waals surface area (Å²) in [6, 6.07) is 12.8. The van der Waals surface area contributed by atoms with Gasteiger partial charge >= 0.3 is 0 Å². The molecule has 0 aliphatic rings. The molecule has 0 unspecified atom stereocenters. The largest absolute Gasteiger partial charge is 0.346 e. The highest BCUT2D eigenvalue weighted by Crippen LogP contribution is 2.34. The fraction of sp³-hybridized carbons (Fsp3) is 0.222. The molecule has 3 N–H and O–H groups in total. The minimum atomic E-state index is -0.450. The number of nitrogens with two attached hydrogens (primary N) is 1. The Morgan fingerprint density at radius 2 is 1.89 bits per heavy atom. The smallest absolute Gasteiger partial charge is 0.272 e. The molecule has 0 fully saturated rings. The molecule has 4 aromatic rings. The van der Waals surface area contributed by atoms with Gasteiger partial charge in [0, 0.05) is 39.6 Å². The van der Waals surface area contributed by atoms with Gasteiger partial charge in [0.1, 0.15) is 0 Å². The van der Waals surface area contributed by atoms with Crippen molar-refractivity contribution < 1.29 is 4.79 Å². The topological polar surface area (TPSA) is 90.8 Å². The Labute approximate surface area is 220 Å². The Morgan fingerprint density at radius 3 is 2.50 bits per heavy atom. The number of nitrogens with one attached hydrogen (secondary N) is 1. The monoisotopic (exact) mass is 520 g/mol. The lowest BCUT2D eigenvalue weighted by atomic mass is 10.0. The lowest BCUT2D eigenvalue weighted by Gasteiger charge is -2.20. The number of amides is 1. The highest BCUT2D eigenvalue weighted by molar-refractivity contribution is 6.32. The number of benzene rings is 2. The van der Waals surface area contributed by atoms with E-state index in [4.69, 9.17) is 34.0 Å². The number of carbonyl (C=O) groups excluding carboxylic acids is 1. The first-order valence-electron chi connectivity index (χ1n) is 11.3. The molecule has 0 aliphatic heterocycles. The second-order valence-electron chi connectivity index (χ2n) is 9.21. The molecule has 4 rings (SSSR count). The Kier molecular flexibility index (Phi) is 7.51. The zero-order valence-corrected chi connectivity index (χ0v) is 21.7. The summed E-state index contributed by atoms with van der Waals surface area (Å²) in [5.41, 5.74) is 8.98. The van der Waals surface area contributed by atoms with Crippen molar-refractivity contribution >= 4 is 29.1 Å². The van der Waals surface area contributed by atoms with E-state index in [9.17, 15) is 4.79 Å². The standard InChI is InChI=1S/C27H26Cl2N6O/c1-27(2,3)32-26(36)24-21(16-34-14-13-31-17-34)25(19-7-9-20(28)10-8-19)35(33-24)23-11-6-18(5-4-12-30)15-22(23)29/h6-11,13-15,17H,12,16,30H2,1-3H3,(H,32,36). The highest BCUT2D eigenvalue weighted by atomic mass is 35.5. The molecule has 2 heterocycles. The number of aromatic nitrogens is 4. The number of halogens is 2. The van der Waals surface area contributed by atoms with E-state index < -0.39 is 5.54 Å². The van der Waals surface area contributed by atoms with Crippen LogP contribution < -0.4 is 11.1 Å². The molecule has 9 heteroatoms. The first kappa shape index (κ1) is 25.5. The summed E-state index contributed by atoms with van der Waals surface area (Å²) in [6.45, 7) is 6.41. The van der Waals surface area contributed by atoms with Crippen LogP contribution in [0.1, 0.15) is 42.4 Å². The van der Waals surface area contributed by atoms with E-state index in [0.29, 0.717) is 28.0 Å². The van der Waals surface area contributed by atoms with Crippen molar-refractivity contribution in [2.24, 2.45) is 5.73 Å². The van der Waals surface area contributed by atoms with Crippen LogP contribution in [0.5, 0.6) is 0 Å². The van der Waals surface area contributed by atoms with Gasteiger partial charge in [0.2, 0.25) is 0 Å². The van der Waals surface area contributed by atoms with Gasteiger partial charge < -0.3 is 15.6 Å². The van der Waals surface area contributed by atoms with Gasteiger partial charge in [-0.25, -0.2) is 9.67 Å². The maximum absolute atomic E-state index is 13.5. The normalized spacial score (nSPS) is 11.2. The number of hydrogen-bond donors (Lipinski definition) is 2. The van der Waals surface area contributed by atoms with Crippen molar-refractivity contribution in [2.45, 2.75) is 32.9 Å². The highest BCUT2D eigenvalue weighted by Gasteiger charge is 2.28. The van der Waals surface area contributed by atoms with Gasteiger partial charge in [-0.05, 0) is 51.1 Å². The molecule has 0 radical (unpaired) electrons. The van der Waals surface area contributed by atoms with Crippen LogP contribution >= 0.6 is 23.2 Å². The molecule has 0 atom stereocenters. The number of carbonyl (C=O) groups is 1. The van der Waals surface area contributed by atoms with Crippen LogP contribution in [0.2, 0.25) is 10.0 Å². The van der Waals surface area contributed by atoms with Crippen LogP contribution in [0.3, 0.4) is 0 Å². The van der Waals surface area contributed by atoms with E-state index in [-0.39, 0.29) is 12.5 Å². The van der Waals surface area contributed by atoms with Gasteiger partial charge in [0.25, 0.3) is 5.91 Å². The molecule has 0 spiro atoms. The summed E-state index contributed by atoms with van der Waals surface area (Å²) < 4.78 is 3.59. The molecule has 0 saturated heterocycles. The number of nitrogens with zero attached hydrogens (tertiary/aromatic N) is 4. The van der Waals surface area contributed by atoms with E-state index in [2.05, 4.69) is 22.1 Å². The van der Waals surface area contributed by atoms with E-state index in [1.807, 2.05) is 55.8 Å². The van der Waals surface area contributed by atoms with Crippen LogP contribution in [-0.4, -0.2) is 37.3 Å². The second kappa shape index (κ2) is 10.6. The minimum absolute atomic E-state index is 0.253. The summed E-state index contributed by atoms with van der Waals surface area (Å²) in [6.07, 6.45) is 5.23. The second-order valence-corrected chi connectivity index (χ2v) is 10.0. The SMILES string of the molecule is CC(C)(C)NC(=O)c1nn(-c2ccc(C#CCN)cc2Cl)c(-c2ccc(Cl)cc2)c1Cn1ccnc1. The van der Waals surface area contributed by atoms with Gasteiger partial charge in [0.15, 0.2) is 5.69 Å². The van der Waals surface area contributed by atoms with Gasteiger partial charge in [-0.2, -0.15) is 5.10 Å². The minimum Gasteiger partial charge on any atom is -0.346 e. The quantitative estimate of drug-likeness (QED) is 0.365. The zero-order valence-electron chi connectivity index (χ0n) is 20.2. The third-order valence-electron chi connectivity index (χ3n) is 5.22. The third-order valence-corrected chi connectivity index (χ3v) is 5.77. The summed E-state index contributed by atoms with van der Waals surface area (Å²) in [5, 5.41) is 8.87. The summed E-state index contributed by atoms with van der Waals surface area (Å²) in [4.78, 5) is 17.6. The molecule has 7 nitrogen and oxygen atoms in total. The van der Waals surface area contributed by atoms with Crippen LogP contribution in [-0.2, 0) is 6.54 Å². The third kappa shape index (κ3) is 5.80. The van der Waals surface area contributed by atoms with Crippen molar-refractivity contribution in [1.82, 2.24) is 24.6 Å². The number of imidazole rings is 1. The van der Waals surface area contributed by atoms with Crippen molar-refractivity contribution in [3.05, 3.63) is 88.1 Å². The Morgan fingerprint density at radius 1 is 1.14 bits per heavy atom. The summed E-state index contributed by atoms with van der Waals surface area (Å²) in [7, 11) is 0. The maximum atomic E-state index is 13.5. The zero-order chi connectivity index (χ0) is 25.9. The van der Waals surface area contributed by atoms with Gasteiger partial charge in [0.05, 0.1) is 35.8 Å². The molecule has 0 aliphatic carbocycles. The lowest BCUT2D eigenvalue weighted by molar-refractivity contribution is 0.0913. The Hall–Kier alpha value is -3.57. The fourth-order valence-corrected chi connectivity index (χ4v) is 4.12. The van der Waals surface area contributed by atoms with Crippen molar-refractivity contribution in [3.63, 3.8) is 0 Å². The molecule has 36 heavy (non-hydrogen) atoms. The first-order valence-corrected chi connectivity index (χ1v) is 12.1. The van der Waals surface area contributed by atoms with E-state index in [0.717, 1.165) is 22.4 Å².